The lowest BCUT2D eigenvalue weighted by Gasteiger charge is -2.20. The maximum atomic E-state index is 12.5. The zero-order valence-corrected chi connectivity index (χ0v) is 11.0. The van der Waals surface area contributed by atoms with Crippen LogP contribution in [0.15, 0.2) is 24.3 Å². The Morgan fingerprint density at radius 3 is 1.95 bits per heavy atom. The van der Waals surface area contributed by atoms with Crippen LogP contribution in [0, 0.1) is 13.8 Å². The molecule has 0 saturated carbocycles. The van der Waals surface area contributed by atoms with Gasteiger partial charge in [0, 0.05) is 16.7 Å². The average molecular weight is 268 g/mol. The molecule has 0 radical (unpaired) electrons. The number of carbonyl (C=O) groups excluding carboxylic acids is 2. The second-order valence-corrected chi connectivity index (χ2v) is 5.00. The van der Waals surface area contributed by atoms with Crippen LogP contribution < -0.4 is 0 Å². The highest BCUT2D eigenvalue weighted by atomic mass is 16.3. The summed E-state index contributed by atoms with van der Waals surface area (Å²) in [5.41, 5.74) is 2.44. The minimum Gasteiger partial charge on any atom is -0.504 e. The molecule has 1 aliphatic carbocycles. The van der Waals surface area contributed by atoms with Gasteiger partial charge in [-0.25, -0.2) is 0 Å². The Kier molecular flexibility index (Phi) is 2.44. The number of ketones is 2. The summed E-state index contributed by atoms with van der Waals surface area (Å²) in [5, 5.41) is 19.4. The zero-order chi connectivity index (χ0) is 14.6. The van der Waals surface area contributed by atoms with E-state index in [-0.39, 0.29) is 22.5 Å². The maximum Gasteiger partial charge on any atom is 0.198 e. The number of aromatic hydroxyl groups is 2. The number of phenols is 2. The first-order valence-electron chi connectivity index (χ1n) is 6.17. The number of phenolic OH excluding ortho intramolecular Hbond substituents is 2. The van der Waals surface area contributed by atoms with Gasteiger partial charge in [0.2, 0.25) is 0 Å². The summed E-state index contributed by atoms with van der Waals surface area (Å²) in [6, 6.07) is 5.92. The molecule has 2 aromatic carbocycles. The van der Waals surface area contributed by atoms with Crippen molar-refractivity contribution in [1.29, 1.82) is 0 Å². The summed E-state index contributed by atoms with van der Waals surface area (Å²) in [6.07, 6.45) is 0. The fourth-order valence-electron chi connectivity index (χ4n) is 2.47. The van der Waals surface area contributed by atoms with Gasteiger partial charge in [0.1, 0.15) is 0 Å². The van der Waals surface area contributed by atoms with Gasteiger partial charge in [0.15, 0.2) is 23.1 Å². The molecule has 0 bridgehead atoms. The van der Waals surface area contributed by atoms with Gasteiger partial charge < -0.3 is 10.2 Å². The topological polar surface area (TPSA) is 74.6 Å². The molecule has 100 valence electrons. The van der Waals surface area contributed by atoms with Crippen molar-refractivity contribution in [3.63, 3.8) is 0 Å². The highest BCUT2D eigenvalue weighted by Crippen LogP contribution is 2.38. The van der Waals surface area contributed by atoms with E-state index in [1.54, 1.807) is 12.1 Å². The molecule has 2 aromatic rings. The summed E-state index contributed by atoms with van der Waals surface area (Å²) in [6.45, 7) is 3.72. The minimum absolute atomic E-state index is 0.120. The van der Waals surface area contributed by atoms with Crippen molar-refractivity contribution >= 4 is 11.6 Å². The minimum atomic E-state index is -0.537. The van der Waals surface area contributed by atoms with Gasteiger partial charge in [-0.15, -0.1) is 0 Å². The normalized spacial score (nSPS) is 13.1. The molecular formula is C16H12O4. The van der Waals surface area contributed by atoms with Crippen molar-refractivity contribution in [3.8, 4) is 11.5 Å². The van der Waals surface area contributed by atoms with Crippen molar-refractivity contribution in [2.45, 2.75) is 13.8 Å². The predicted molar refractivity (Wildman–Crippen MR) is 72.6 cm³/mol. The van der Waals surface area contributed by atoms with Gasteiger partial charge in [0.05, 0.1) is 5.56 Å². The predicted octanol–water partition coefficient (Wildman–Crippen LogP) is 2.49. The van der Waals surface area contributed by atoms with Gasteiger partial charge in [-0.2, -0.15) is 0 Å². The fourth-order valence-corrected chi connectivity index (χ4v) is 2.47. The van der Waals surface area contributed by atoms with Crippen LogP contribution in [0.5, 0.6) is 11.5 Å². The van der Waals surface area contributed by atoms with E-state index in [0.29, 0.717) is 5.56 Å². The molecule has 4 nitrogen and oxygen atoms in total. The maximum absolute atomic E-state index is 12.5. The van der Waals surface area contributed by atoms with E-state index in [9.17, 15) is 19.8 Å². The summed E-state index contributed by atoms with van der Waals surface area (Å²) < 4.78 is 0. The Hall–Kier alpha value is -2.62. The van der Waals surface area contributed by atoms with Gasteiger partial charge in [-0.3, -0.25) is 9.59 Å². The van der Waals surface area contributed by atoms with Crippen LogP contribution in [0.1, 0.15) is 43.0 Å². The van der Waals surface area contributed by atoms with Crippen LogP contribution in [0.25, 0.3) is 0 Å². The molecule has 0 unspecified atom stereocenters. The highest BCUT2D eigenvalue weighted by Gasteiger charge is 2.33. The summed E-state index contributed by atoms with van der Waals surface area (Å²) >= 11 is 0. The third-order valence-corrected chi connectivity index (χ3v) is 3.75. The number of hydrogen-bond acceptors (Lipinski definition) is 4. The number of aryl methyl sites for hydroxylation is 2. The van der Waals surface area contributed by atoms with Crippen molar-refractivity contribution in [3.05, 3.63) is 57.6 Å². The first-order valence-corrected chi connectivity index (χ1v) is 6.17. The molecule has 0 heterocycles. The second kappa shape index (κ2) is 3.93. The van der Waals surface area contributed by atoms with Gasteiger partial charge in [0.25, 0.3) is 0 Å². The average Bonchev–Trinajstić information content (AvgIpc) is 2.41. The van der Waals surface area contributed by atoms with E-state index in [0.717, 1.165) is 11.1 Å². The van der Waals surface area contributed by atoms with Crippen LogP contribution >= 0.6 is 0 Å². The zero-order valence-electron chi connectivity index (χ0n) is 11.0. The molecule has 0 atom stereocenters. The SMILES string of the molecule is Cc1cc2c(cc1C)C(=O)c1c(ccc(O)c1O)C2=O. The molecule has 0 amide bonds. The van der Waals surface area contributed by atoms with E-state index >= 15 is 0 Å². The van der Waals surface area contributed by atoms with Crippen molar-refractivity contribution in [2.24, 2.45) is 0 Å². The standard InChI is InChI=1S/C16H12O4/c1-7-5-10-11(6-8(7)2)15(19)13-9(14(10)18)3-4-12(17)16(13)20/h3-6,17,20H,1-2H3. The Bertz CT molecular complexity index is 784. The summed E-state index contributed by atoms with van der Waals surface area (Å²) in [4.78, 5) is 24.9. The van der Waals surface area contributed by atoms with E-state index in [1.165, 1.54) is 12.1 Å². The number of benzene rings is 2. The molecule has 3 rings (SSSR count). The molecule has 2 N–H and O–H groups in total. The van der Waals surface area contributed by atoms with E-state index in [2.05, 4.69) is 0 Å². The third kappa shape index (κ3) is 1.48. The molecule has 0 spiro atoms. The van der Waals surface area contributed by atoms with Crippen molar-refractivity contribution in [2.75, 3.05) is 0 Å². The number of carbonyl (C=O) groups is 2. The summed E-state index contributed by atoms with van der Waals surface area (Å²) in [7, 11) is 0. The lowest BCUT2D eigenvalue weighted by molar-refractivity contribution is 0.0976. The fraction of sp³-hybridized carbons (Fsp3) is 0.125. The Balaban J connectivity index is 2.37. The Labute approximate surface area is 115 Å². The van der Waals surface area contributed by atoms with Crippen LogP contribution in [0.3, 0.4) is 0 Å². The molecule has 1 aliphatic rings. The van der Waals surface area contributed by atoms with Gasteiger partial charge in [-0.1, -0.05) is 0 Å². The molecule has 0 saturated heterocycles. The first-order chi connectivity index (χ1) is 9.41. The highest BCUT2D eigenvalue weighted by molar-refractivity contribution is 6.29. The van der Waals surface area contributed by atoms with Crippen LogP contribution in [-0.4, -0.2) is 21.8 Å². The molecule has 0 aliphatic heterocycles. The van der Waals surface area contributed by atoms with E-state index < -0.39 is 17.3 Å². The first kappa shape index (κ1) is 12.4. The molecule has 20 heavy (non-hydrogen) atoms. The number of fused-ring (bicyclic) bond motifs is 2. The molecule has 4 heteroatoms. The molecule has 0 aromatic heterocycles. The van der Waals surface area contributed by atoms with Crippen LogP contribution in [0.2, 0.25) is 0 Å². The Morgan fingerprint density at radius 2 is 1.35 bits per heavy atom. The molecular weight excluding hydrogens is 256 g/mol. The second-order valence-electron chi connectivity index (χ2n) is 5.00. The van der Waals surface area contributed by atoms with Crippen molar-refractivity contribution < 1.29 is 19.8 Å². The van der Waals surface area contributed by atoms with Crippen LogP contribution in [-0.2, 0) is 0 Å². The summed E-state index contributed by atoms with van der Waals surface area (Å²) in [5.74, 6) is -1.69. The van der Waals surface area contributed by atoms with E-state index in [4.69, 9.17) is 0 Å². The molecule has 0 fully saturated rings. The lowest BCUT2D eigenvalue weighted by Crippen LogP contribution is -2.21. The number of hydrogen-bond donors (Lipinski definition) is 2. The van der Waals surface area contributed by atoms with Crippen molar-refractivity contribution in [1.82, 2.24) is 0 Å². The lowest BCUT2D eigenvalue weighted by atomic mass is 9.82. The monoisotopic (exact) mass is 268 g/mol. The van der Waals surface area contributed by atoms with Gasteiger partial charge >= 0.3 is 0 Å². The third-order valence-electron chi connectivity index (χ3n) is 3.75. The Morgan fingerprint density at radius 1 is 0.800 bits per heavy atom. The van der Waals surface area contributed by atoms with E-state index in [1.807, 2.05) is 13.8 Å². The largest absolute Gasteiger partial charge is 0.504 e. The smallest absolute Gasteiger partial charge is 0.198 e. The quantitative estimate of drug-likeness (QED) is 0.614. The van der Waals surface area contributed by atoms with Gasteiger partial charge in [-0.05, 0) is 49.2 Å². The van der Waals surface area contributed by atoms with Crippen LogP contribution in [0.4, 0.5) is 0 Å². The number of rotatable bonds is 0.